The molecule has 2 rings (SSSR count). The summed E-state index contributed by atoms with van der Waals surface area (Å²) in [6.45, 7) is 0. The molecule has 0 aliphatic heterocycles. The molecule has 1 heterocycles. The summed E-state index contributed by atoms with van der Waals surface area (Å²) in [6.07, 6.45) is 3.11. The van der Waals surface area contributed by atoms with E-state index in [9.17, 15) is 0 Å². The Bertz CT molecular complexity index is 588. The molecule has 1 aromatic carbocycles. The second kappa shape index (κ2) is 6.70. The molecule has 0 aliphatic rings. The van der Waals surface area contributed by atoms with Crippen LogP contribution in [0.25, 0.3) is 0 Å². The highest BCUT2D eigenvalue weighted by Crippen LogP contribution is 2.40. The molecule has 108 valence electrons. The standard InChI is InChI=1S/C13H13BrCl2N2O2/c1-19-10-7-11(20-2)13(16)9(12(10)15)4-3-8-5-6-17-18(8)14/h5-7H,3-4H2,1-2H3. The van der Waals surface area contributed by atoms with Crippen molar-refractivity contribution in [3.8, 4) is 11.5 Å². The number of hydrogen-bond acceptors (Lipinski definition) is 3. The SMILES string of the molecule is COc1cc(OC)c(Cl)c(CCc2ccnn2Br)c1Cl. The molecule has 0 spiro atoms. The Kier molecular flexibility index (Phi) is 5.18. The van der Waals surface area contributed by atoms with Gasteiger partial charge in [0.2, 0.25) is 0 Å². The Morgan fingerprint density at radius 2 is 1.75 bits per heavy atom. The molecule has 2 aromatic rings. The van der Waals surface area contributed by atoms with Crippen molar-refractivity contribution in [3.63, 3.8) is 0 Å². The van der Waals surface area contributed by atoms with Crippen LogP contribution in [0, 0.1) is 0 Å². The highest BCUT2D eigenvalue weighted by Gasteiger charge is 2.17. The number of benzene rings is 1. The van der Waals surface area contributed by atoms with Gasteiger partial charge >= 0.3 is 0 Å². The van der Waals surface area contributed by atoms with Crippen molar-refractivity contribution >= 4 is 39.3 Å². The van der Waals surface area contributed by atoms with E-state index in [-0.39, 0.29) is 0 Å². The predicted molar refractivity (Wildman–Crippen MR) is 83.5 cm³/mol. The molecule has 0 fully saturated rings. The van der Waals surface area contributed by atoms with Crippen molar-refractivity contribution in [2.45, 2.75) is 12.8 Å². The third kappa shape index (κ3) is 3.05. The van der Waals surface area contributed by atoms with E-state index in [0.717, 1.165) is 17.7 Å². The third-order valence-corrected chi connectivity index (χ3v) is 4.44. The lowest BCUT2D eigenvalue weighted by Gasteiger charge is -2.14. The van der Waals surface area contributed by atoms with Crippen LogP contribution in [0.15, 0.2) is 18.3 Å². The lowest BCUT2D eigenvalue weighted by atomic mass is 10.1. The second-order valence-electron chi connectivity index (χ2n) is 4.07. The van der Waals surface area contributed by atoms with Crippen LogP contribution in [0.2, 0.25) is 10.0 Å². The van der Waals surface area contributed by atoms with Crippen molar-refractivity contribution in [2.24, 2.45) is 0 Å². The number of ether oxygens (including phenoxy) is 2. The van der Waals surface area contributed by atoms with Crippen LogP contribution in [0.3, 0.4) is 0 Å². The van der Waals surface area contributed by atoms with Gasteiger partial charge < -0.3 is 9.47 Å². The fourth-order valence-electron chi connectivity index (χ4n) is 1.90. The normalized spacial score (nSPS) is 10.7. The summed E-state index contributed by atoms with van der Waals surface area (Å²) in [7, 11) is 3.12. The van der Waals surface area contributed by atoms with Gasteiger partial charge in [0.1, 0.15) is 11.5 Å². The van der Waals surface area contributed by atoms with E-state index in [1.807, 2.05) is 6.07 Å². The molecule has 1 aromatic heterocycles. The Morgan fingerprint density at radius 1 is 1.15 bits per heavy atom. The average Bonchev–Trinajstić information content (AvgIpc) is 2.84. The summed E-state index contributed by atoms with van der Waals surface area (Å²) < 4.78 is 12.1. The molecular weight excluding hydrogens is 367 g/mol. The molecule has 0 saturated carbocycles. The van der Waals surface area contributed by atoms with Gasteiger partial charge in [-0.1, -0.05) is 23.2 Å². The first-order valence-corrected chi connectivity index (χ1v) is 7.33. The van der Waals surface area contributed by atoms with Gasteiger partial charge in [0.15, 0.2) is 0 Å². The van der Waals surface area contributed by atoms with Gasteiger partial charge in [-0.2, -0.15) is 5.10 Å². The molecule has 0 atom stereocenters. The number of methoxy groups -OCH3 is 2. The molecule has 0 radical (unpaired) electrons. The van der Waals surface area contributed by atoms with Gasteiger partial charge in [0.25, 0.3) is 0 Å². The van der Waals surface area contributed by atoms with Crippen molar-refractivity contribution in [1.29, 1.82) is 0 Å². The molecule has 0 saturated heterocycles. The van der Waals surface area contributed by atoms with E-state index >= 15 is 0 Å². The smallest absolute Gasteiger partial charge is 0.141 e. The van der Waals surface area contributed by atoms with Gasteiger partial charge in [-0.15, -0.1) is 0 Å². The first-order chi connectivity index (χ1) is 9.58. The van der Waals surface area contributed by atoms with Crippen molar-refractivity contribution in [3.05, 3.63) is 39.6 Å². The zero-order chi connectivity index (χ0) is 14.7. The predicted octanol–water partition coefficient (Wildman–Crippen LogP) is 4.15. The van der Waals surface area contributed by atoms with Crippen LogP contribution in [0.4, 0.5) is 0 Å². The number of nitrogens with zero attached hydrogens (tertiary/aromatic N) is 2. The summed E-state index contributed by atoms with van der Waals surface area (Å²) in [6, 6.07) is 3.61. The largest absolute Gasteiger partial charge is 0.495 e. The minimum absolute atomic E-state index is 0.513. The maximum absolute atomic E-state index is 6.32. The van der Waals surface area contributed by atoms with E-state index in [0.29, 0.717) is 28.0 Å². The minimum Gasteiger partial charge on any atom is -0.495 e. The lowest BCUT2D eigenvalue weighted by molar-refractivity contribution is 0.393. The number of halogens is 3. The Labute approximate surface area is 135 Å². The van der Waals surface area contributed by atoms with Gasteiger partial charge in [-0.3, -0.25) is 0 Å². The van der Waals surface area contributed by atoms with E-state index < -0.39 is 0 Å². The topological polar surface area (TPSA) is 36.3 Å². The third-order valence-electron chi connectivity index (χ3n) is 2.97. The first-order valence-electron chi connectivity index (χ1n) is 5.86. The number of rotatable bonds is 5. The van der Waals surface area contributed by atoms with E-state index in [1.54, 1.807) is 30.2 Å². The minimum atomic E-state index is 0.513. The van der Waals surface area contributed by atoms with Crippen LogP contribution in [0.1, 0.15) is 11.3 Å². The van der Waals surface area contributed by atoms with E-state index in [4.69, 9.17) is 32.7 Å². The fourth-order valence-corrected chi connectivity index (χ4v) is 2.99. The molecule has 0 unspecified atom stereocenters. The second-order valence-corrected chi connectivity index (χ2v) is 5.50. The Hall–Kier alpha value is -0.910. The van der Waals surface area contributed by atoms with Crippen molar-refractivity contribution < 1.29 is 9.47 Å². The number of hydrogen-bond donors (Lipinski definition) is 0. The van der Waals surface area contributed by atoms with E-state index in [1.165, 1.54) is 0 Å². The summed E-state index contributed by atoms with van der Waals surface area (Å²) in [5, 5.41) is 5.09. The zero-order valence-corrected chi connectivity index (χ0v) is 14.1. The maximum atomic E-state index is 6.32. The maximum Gasteiger partial charge on any atom is 0.141 e. The Morgan fingerprint density at radius 3 is 2.20 bits per heavy atom. The molecule has 0 bridgehead atoms. The van der Waals surface area contributed by atoms with Crippen LogP contribution in [-0.4, -0.2) is 23.0 Å². The van der Waals surface area contributed by atoms with Crippen molar-refractivity contribution in [1.82, 2.24) is 8.81 Å². The fraction of sp³-hybridized carbons (Fsp3) is 0.308. The van der Waals surface area contributed by atoms with Crippen LogP contribution < -0.4 is 9.47 Å². The number of aromatic nitrogens is 2. The summed E-state index contributed by atoms with van der Waals surface area (Å²) >= 11 is 16.0. The van der Waals surface area contributed by atoms with Crippen molar-refractivity contribution in [2.75, 3.05) is 14.2 Å². The molecule has 4 nitrogen and oxygen atoms in total. The zero-order valence-electron chi connectivity index (χ0n) is 11.0. The van der Waals surface area contributed by atoms with Crippen LogP contribution in [-0.2, 0) is 12.8 Å². The van der Waals surface area contributed by atoms with Gasteiger partial charge in [-0.05, 0) is 24.5 Å². The Balaban J connectivity index is 2.32. The average molecular weight is 380 g/mol. The highest BCUT2D eigenvalue weighted by atomic mass is 79.9. The number of aryl methyl sites for hydroxylation is 1. The summed E-state index contributed by atoms with van der Waals surface area (Å²) in [4.78, 5) is 0. The molecule has 7 heteroatoms. The molecule has 20 heavy (non-hydrogen) atoms. The molecule has 0 aliphatic carbocycles. The molecule has 0 amide bonds. The molecular formula is C13H13BrCl2N2O2. The molecule has 0 N–H and O–H groups in total. The van der Waals surface area contributed by atoms with Crippen LogP contribution >= 0.6 is 39.3 Å². The van der Waals surface area contributed by atoms with E-state index in [2.05, 4.69) is 21.2 Å². The summed E-state index contributed by atoms with van der Waals surface area (Å²) in [5.41, 5.74) is 1.83. The van der Waals surface area contributed by atoms with Gasteiger partial charge in [0.05, 0.1) is 52.3 Å². The quantitative estimate of drug-likeness (QED) is 0.782. The summed E-state index contributed by atoms with van der Waals surface area (Å²) in [5.74, 6) is 1.10. The highest BCUT2D eigenvalue weighted by molar-refractivity contribution is 9.08. The first kappa shape index (κ1) is 15.5. The van der Waals surface area contributed by atoms with Crippen LogP contribution in [0.5, 0.6) is 11.5 Å². The monoisotopic (exact) mass is 378 g/mol. The lowest BCUT2D eigenvalue weighted by Crippen LogP contribution is -2.00. The van der Waals surface area contributed by atoms with Gasteiger partial charge in [-0.25, -0.2) is 3.71 Å². The van der Waals surface area contributed by atoms with Gasteiger partial charge in [0, 0.05) is 6.07 Å².